The molecule has 7 heteroatoms. The summed E-state index contributed by atoms with van der Waals surface area (Å²) in [5.74, 6) is -0.260. The predicted molar refractivity (Wildman–Crippen MR) is 124 cm³/mol. The molecular formula is C23H16Cl2N2O2S. The van der Waals surface area contributed by atoms with Gasteiger partial charge in [0, 0.05) is 22.0 Å². The highest BCUT2D eigenvalue weighted by atomic mass is 35.5. The number of anilines is 1. The fraction of sp³-hybridized carbons (Fsp3) is 0.0870. The molecule has 1 aliphatic rings. The Morgan fingerprint density at radius 3 is 2.13 bits per heavy atom. The van der Waals surface area contributed by atoms with Crippen LogP contribution in [0.15, 0.2) is 83.9 Å². The second kappa shape index (κ2) is 9.04. The number of hydrogen-bond donors (Lipinski definition) is 0. The van der Waals surface area contributed by atoms with E-state index in [-0.39, 0.29) is 18.1 Å². The van der Waals surface area contributed by atoms with E-state index in [0.717, 1.165) is 0 Å². The van der Waals surface area contributed by atoms with E-state index in [1.165, 1.54) is 11.8 Å². The molecule has 0 aromatic heterocycles. The van der Waals surface area contributed by atoms with Crippen molar-refractivity contribution in [2.75, 3.05) is 4.90 Å². The van der Waals surface area contributed by atoms with Gasteiger partial charge in [-0.1, -0.05) is 65.3 Å². The Kier molecular flexibility index (Phi) is 6.23. The highest BCUT2D eigenvalue weighted by Gasteiger charge is 2.40. The van der Waals surface area contributed by atoms with E-state index in [0.29, 0.717) is 32.2 Å². The van der Waals surface area contributed by atoms with Gasteiger partial charge < -0.3 is 0 Å². The van der Waals surface area contributed by atoms with Crippen LogP contribution >= 0.6 is 35.0 Å². The van der Waals surface area contributed by atoms with E-state index in [9.17, 15) is 9.59 Å². The van der Waals surface area contributed by atoms with Gasteiger partial charge in [0.1, 0.15) is 0 Å². The van der Waals surface area contributed by atoms with Gasteiger partial charge >= 0.3 is 0 Å². The van der Waals surface area contributed by atoms with E-state index < -0.39 is 5.25 Å². The molecule has 1 atom stereocenters. The fourth-order valence-corrected chi connectivity index (χ4v) is 4.44. The maximum absolute atomic E-state index is 13.2. The Hall–Kier alpha value is -2.60. The molecular weight excluding hydrogens is 439 g/mol. The summed E-state index contributed by atoms with van der Waals surface area (Å²) in [5, 5.41) is 1.13. The third kappa shape index (κ3) is 4.59. The van der Waals surface area contributed by atoms with Crippen molar-refractivity contribution < 1.29 is 9.59 Å². The molecule has 3 aromatic carbocycles. The number of nitrogens with zero attached hydrogens (tertiary/aromatic N) is 2. The molecule has 150 valence electrons. The third-order valence-corrected chi connectivity index (χ3v) is 6.18. The SMILES string of the molecule is O=C(CC1SC(=Nc2ccc(Cl)cc2)N(c2ccc(Cl)cc2)C1=O)c1ccccc1. The smallest absolute Gasteiger partial charge is 0.247 e. The fourth-order valence-electron chi connectivity index (χ4n) is 3.04. The summed E-state index contributed by atoms with van der Waals surface area (Å²) in [5.41, 5.74) is 1.91. The average molecular weight is 455 g/mol. The molecule has 0 spiro atoms. The van der Waals surface area contributed by atoms with Crippen LogP contribution in [-0.4, -0.2) is 22.1 Å². The first-order chi connectivity index (χ1) is 14.5. The first-order valence-electron chi connectivity index (χ1n) is 9.20. The Labute approximate surface area is 188 Å². The first-order valence-corrected chi connectivity index (χ1v) is 10.8. The quantitative estimate of drug-likeness (QED) is 0.418. The number of amidine groups is 1. The summed E-state index contributed by atoms with van der Waals surface area (Å²) >= 11 is 13.3. The number of hydrogen-bond acceptors (Lipinski definition) is 4. The Balaban J connectivity index is 1.66. The molecule has 3 aromatic rings. The lowest BCUT2D eigenvalue weighted by molar-refractivity contribution is -0.116. The van der Waals surface area contributed by atoms with Crippen molar-refractivity contribution in [2.24, 2.45) is 4.99 Å². The average Bonchev–Trinajstić information content (AvgIpc) is 3.05. The van der Waals surface area contributed by atoms with E-state index in [4.69, 9.17) is 23.2 Å². The molecule has 0 aliphatic carbocycles. The molecule has 30 heavy (non-hydrogen) atoms. The molecule has 0 N–H and O–H groups in total. The van der Waals surface area contributed by atoms with E-state index in [2.05, 4.69) is 4.99 Å². The van der Waals surface area contributed by atoms with Gasteiger partial charge in [0.2, 0.25) is 5.91 Å². The van der Waals surface area contributed by atoms with E-state index in [1.807, 2.05) is 18.2 Å². The predicted octanol–water partition coefficient (Wildman–Crippen LogP) is 6.40. The van der Waals surface area contributed by atoms with Crippen molar-refractivity contribution in [2.45, 2.75) is 11.7 Å². The summed E-state index contributed by atoms with van der Waals surface area (Å²) in [4.78, 5) is 32.1. The summed E-state index contributed by atoms with van der Waals surface area (Å²) in [6.45, 7) is 0. The summed E-state index contributed by atoms with van der Waals surface area (Å²) in [6, 6.07) is 23.0. The van der Waals surface area contributed by atoms with Crippen molar-refractivity contribution in [1.82, 2.24) is 0 Å². The second-order valence-electron chi connectivity index (χ2n) is 6.62. The minimum atomic E-state index is -0.556. The zero-order valence-electron chi connectivity index (χ0n) is 15.7. The molecule has 1 saturated heterocycles. The molecule has 0 saturated carbocycles. The third-order valence-electron chi connectivity index (χ3n) is 4.54. The zero-order valence-corrected chi connectivity index (χ0v) is 18.0. The van der Waals surface area contributed by atoms with Gasteiger partial charge in [-0.3, -0.25) is 14.5 Å². The maximum atomic E-state index is 13.2. The molecule has 1 heterocycles. The number of carbonyl (C=O) groups excluding carboxylic acids is 2. The monoisotopic (exact) mass is 454 g/mol. The number of carbonyl (C=O) groups is 2. The van der Waals surface area contributed by atoms with Crippen LogP contribution in [0.1, 0.15) is 16.8 Å². The molecule has 1 fully saturated rings. The number of Topliss-reactive ketones (excluding diaryl/α,β-unsaturated/α-hetero) is 1. The summed E-state index contributed by atoms with van der Waals surface area (Å²) < 4.78 is 0. The zero-order chi connectivity index (χ0) is 21.1. The number of benzene rings is 3. The normalized spacial score (nSPS) is 17.5. The molecule has 0 bridgehead atoms. The number of thioether (sulfide) groups is 1. The van der Waals surface area contributed by atoms with Gasteiger partial charge in [0.05, 0.1) is 16.6 Å². The lowest BCUT2D eigenvalue weighted by atomic mass is 10.1. The van der Waals surface area contributed by atoms with Crippen molar-refractivity contribution in [3.63, 3.8) is 0 Å². The lowest BCUT2D eigenvalue weighted by Gasteiger charge is -2.16. The minimum absolute atomic E-state index is 0.0785. The van der Waals surface area contributed by atoms with Crippen LogP contribution < -0.4 is 4.90 Å². The highest BCUT2D eigenvalue weighted by molar-refractivity contribution is 8.16. The number of amides is 1. The first kappa shape index (κ1) is 20.7. The Morgan fingerprint density at radius 1 is 0.900 bits per heavy atom. The summed E-state index contributed by atoms with van der Waals surface area (Å²) in [7, 11) is 0. The van der Waals surface area contributed by atoms with Gasteiger partial charge in [-0.2, -0.15) is 0 Å². The molecule has 4 rings (SSSR count). The van der Waals surface area contributed by atoms with Gasteiger partial charge in [0.25, 0.3) is 0 Å². The van der Waals surface area contributed by atoms with Crippen LogP contribution in [0.2, 0.25) is 10.0 Å². The van der Waals surface area contributed by atoms with E-state index >= 15 is 0 Å². The lowest BCUT2D eigenvalue weighted by Crippen LogP contribution is -2.32. The standard InChI is InChI=1S/C23H16Cl2N2O2S/c24-16-6-10-18(11-7-16)26-23-27(19-12-8-17(25)9-13-19)22(29)21(30-23)14-20(28)15-4-2-1-3-5-15/h1-13,21H,14H2. The van der Waals surface area contributed by atoms with Crippen molar-refractivity contribution >= 4 is 63.2 Å². The van der Waals surface area contributed by atoms with Crippen molar-refractivity contribution in [3.8, 4) is 0 Å². The van der Waals surface area contributed by atoms with Crippen LogP contribution in [0, 0.1) is 0 Å². The topological polar surface area (TPSA) is 49.7 Å². The van der Waals surface area contributed by atoms with Crippen molar-refractivity contribution in [1.29, 1.82) is 0 Å². The highest BCUT2D eigenvalue weighted by Crippen LogP contribution is 2.36. The minimum Gasteiger partial charge on any atom is -0.294 e. The number of halogens is 2. The largest absolute Gasteiger partial charge is 0.294 e. The van der Waals surface area contributed by atoms with Gasteiger partial charge in [-0.25, -0.2) is 4.99 Å². The van der Waals surface area contributed by atoms with Crippen molar-refractivity contribution in [3.05, 3.63) is 94.5 Å². The van der Waals surface area contributed by atoms with Crippen LogP contribution in [0.25, 0.3) is 0 Å². The van der Waals surface area contributed by atoms with Gasteiger partial charge in [0.15, 0.2) is 11.0 Å². The van der Waals surface area contributed by atoms with Crippen LogP contribution in [0.3, 0.4) is 0 Å². The Morgan fingerprint density at radius 2 is 1.50 bits per heavy atom. The molecule has 4 nitrogen and oxygen atoms in total. The molecule has 1 unspecified atom stereocenters. The molecule has 1 aliphatic heterocycles. The molecule has 0 radical (unpaired) electrons. The van der Waals surface area contributed by atoms with Crippen LogP contribution in [-0.2, 0) is 4.79 Å². The number of rotatable bonds is 5. The van der Waals surface area contributed by atoms with Gasteiger partial charge in [-0.15, -0.1) is 0 Å². The summed E-state index contributed by atoms with van der Waals surface area (Å²) in [6.07, 6.45) is 0.0945. The van der Waals surface area contributed by atoms with Crippen LogP contribution in [0.4, 0.5) is 11.4 Å². The maximum Gasteiger partial charge on any atom is 0.247 e. The second-order valence-corrected chi connectivity index (χ2v) is 8.66. The Bertz CT molecular complexity index is 1100. The number of ketones is 1. The van der Waals surface area contributed by atoms with E-state index in [1.54, 1.807) is 65.6 Å². The van der Waals surface area contributed by atoms with Crippen LogP contribution in [0.5, 0.6) is 0 Å². The van der Waals surface area contributed by atoms with Gasteiger partial charge in [-0.05, 0) is 48.5 Å². The number of aliphatic imine (C=N–C) groups is 1. The molecule has 1 amide bonds.